The highest BCUT2D eigenvalue weighted by Gasteiger charge is 2.14. The van der Waals surface area contributed by atoms with Crippen molar-refractivity contribution >= 4 is 0 Å². The molecule has 1 unspecified atom stereocenters. The summed E-state index contributed by atoms with van der Waals surface area (Å²) in [6.45, 7) is 3.23. The Labute approximate surface area is 102 Å². The summed E-state index contributed by atoms with van der Waals surface area (Å²) in [5, 5.41) is 9.39. The van der Waals surface area contributed by atoms with Crippen LogP contribution >= 0.6 is 0 Å². The van der Waals surface area contributed by atoms with Gasteiger partial charge in [-0.1, -0.05) is 12.1 Å². The fourth-order valence-electron chi connectivity index (χ4n) is 1.97. The Hall–Kier alpha value is -1.06. The van der Waals surface area contributed by atoms with Crippen LogP contribution in [-0.2, 0) is 4.74 Å². The fraction of sp³-hybridized carbons (Fsp3) is 0.571. The Balaban J connectivity index is 1.82. The zero-order chi connectivity index (χ0) is 12.1. The molecule has 1 N–H and O–H groups in total. The van der Waals surface area contributed by atoms with Crippen molar-refractivity contribution in [3.63, 3.8) is 0 Å². The number of aliphatic hydroxyl groups is 1. The molecule has 0 aromatic heterocycles. The van der Waals surface area contributed by atoms with Gasteiger partial charge < -0.3 is 14.6 Å². The van der Waals surface area contributed by atoms with Crippen molar-refractivity contribution in [2.24, 2.45) is 0 Å². The molecule has 1 heterocycles. The largest absolute Gasteiger partial charge is 0.491 e. The third kappa shape index (κ3) is 3.72. The van der Waals surface area contributed by atoms with E-state index in [1.807, 2.05) is 24.3 Å². The van der Waals surface area contributed by atoms with E-state index in [-0.39, 0.29) is 6.10 Å². The molecule has 0 radical (unpaired) electrons. The Morgan fingerprint density at radius 3 is 2.71 bits per heavy atom. The summed E-state index contributed by atoms with van der Waals surface area (Å²) in [5.74, 6) is 0.837. The molecule has 94 valence electrons. The fourth-order valence-corrected chi connectivity index (χ4v) is 1.97. The number of ether oxygens (including phenoxy) is 2. The van der Waals surface area contributed by atoms with Gasteiger partial charge in [0.2, 0.25) is 0 Å². The van der Waals surface area contributed by atoms with Gasteiger partial charge in [0.15, 0.2) is 0 Å². The van der Waals surface area contributed by atoms with Crippen LogP contribution in [0.3, 0.4) is 0 Å². The summed E-state index contributed by atoms with van der Waals surface area (Å²) < 4.78 is 11.3. The maximum atomic E-state index is 9.39. The van der Waals surface area contributed by atoms with E-state index in [1.54, 1.807) is 6.92 Å². The molecule has 0 spiro atoms. The maximum absolute atomic E-state index is 9.39. The Bertz CT molecular complexity index is 326. The normalized spacial score (nSPS) is 22.1. The van der Waals surface area contributed by atoms with Crippen LogP contribution in [-0.4, -0.2) is 24.4 Å². The summed E-state index contributed by atoms with van der Waals surface area (Å²) >= 11 is 0. The van der Waals surface area contributed by atoms with Crippen LogP contribution in [0.15, 0.2) is 24.3 Å². The van der Waals surface area contributed by atoms with Gasteiger partial charge in [-0.15, -0.1) is 0 Å². The summed E-state index contributed by atoms with van der Waals surface area (Å²) in [4.78, 5) is 0. The molecule has 0 saturated carbocycles. The predicted octanol–water partition coefficient (Wildman–Crippen LogP) is 2.69. The summed E-state index contributed by atoms with van der Waals surface area (Å²) in [6.07, 6.45) is 3.30. The van der Waals surface area contributed by atoms with Crippen molar-refractivity contribution in [1.82, 2.24) is 0 Å². The number of aliphatic hydroxyl groups excluding tert-OH is 1. The van der Waals surface area contributed by atoms with Crippen LogP contribution < -0.4 is 4.74 Å². The Morgan fingerprint density at radius 2 is 2.12 bits per heavy atom. The van der Waals surface area contributed by atoms with Crippen LogP contribution in [0.25, 0.3) is 0 Å². The lowest BCUT2D eigenvalue weighted by Crippen LogP contribution is -2.25. The zero-order valence-electron chi connectivity index (χ0n) is 10.3. The highest BCUT2D eigenvalue weighted by atomic mass is 16.5. The van der Waals surface area contributed by atoms with Crippen molar-refractivity contribution in [3.8, 4) is 5.75 Å². The number of rotatable bonds is 4. The molecule has 0 bridgehead atoms. The lowest BCUT2D eigenvalue weighted by molar-refractivity contribution is -0.0110. The van der Waals surface area contributed by atoms with E-state index in [0.717, 1.165) is 24.3 Å². The van der Waals surface area contributed by atoms with Crippen molar-refractivity contribution in [1.29, 1.82) is 0 Å². The van der Waals surface area contributed by atoms with Crippen LogP contribution in [0.5, 0.6) is 5.75 Å². The van der Waals surface area contributed by atoms with Crippen LogP contribution in [0, 0.1) is 0 Å². The van der Waals surface area contributed by atoms with E-state index < -0.39 is 6.10 Å². The van der Waals surface area contributed by atoms with Gasteiger partial charge in [-0.25, -0.2) is 0 Å². The van der Waals surface area contributed by atoms with Crippen LogP contribution in [0.2, 0.25) is 0 Å². The molecule has 17 heavy (non-hydrogen) atoms. The van der Waals surface area contributed by atoms with Gasteiger partial charge in [-0.05, 0) is 43.9 Å². The van der Waals surface area contributed by atoms with Gasteiger partial charge in [0.25, 0.3) is 0 Å². The van der Waals surface area contributed by atoms with E-state index in [9.17, 15) is 5.11 Å². The quantitative estimate of drug-likeness (QED) is 0.873. The molecular formula is C14H20O3. The second-order valence-electron chi connectivity index (χ2n) is 4.54. The van der Waals surface area contributed by atoms with Crippen LogP contribution in [0.1, 0.15) is 37.9 Å². The second kappa shape index (κ2) is 6.03. The topological polar surface area (TPSA) is 38.7 Å². The highest BCUT2D eigenvalue weighted by molar-refractivity contribution is 5.28. The van der Waals surface area contributed by atoms with Gasteiger partial charge in [0.05, 0.1) is 12.2 Å². The maximum Gasteiger partial charge on any atom is 0.119 e. The monoisotopic (exact) mass is 236 g/mol. The molecule has 1 aliphatic heterocycles. The molecule has 0 aliphatic carbocycles. The minimum Gasteiger partial charge on any atom is -0.491 e. The highest BCUT2D eigenvalue weighted by Crippen LogP contribution is 2.19. The average Bonchev–Trinajstić information content (AvgIpc) is 2.38. The van der Waals surface area contributed by atoms with E-state index in [2.05, 4.69) is 0 Å². The molecule has 3 nitrogen and oxygen atoms in total. The van der Waals surface area contributed by atoms with Crippen LogP contribution in [0.4, 0.5) is 0 Å². The molecule has 3 heteroatoms. The second-order valence-corrected chi connectivity index (χ2v) is 4.54. The molecule has 1 aromatic rings. The molecular weight excluding hydrogens is 216 g/mol. The third-order valence-electron chi connectivity index (χ3n) is 3.07. The average molecular weight is 236 g/mol. The summed E-state index contributed by atoms with van der Waals surface area (Å²) in [6, 6.07) is 7.57. The molecule has 0 amide bonds. The molecule has 1 saturated heterocycles. The third-order valence-corrected chi connectivity index (χ3v) is 3.07. The van der Waals surface area contributed by atoms with Crippen molar-refractivity contribution in [3.05, 3.63) is 29.8 Å². The lowest BCUT2D eigenvalue weighted by atomic mass is 10.1. The van der Waals surface area contributed by atoms with Crippen molar-refractivity contribution < 1.29 is 14.6 Å². The predicted molar refractivity (Wildman–Crippen MR) is 66.2 cm³/mol. The standard InChI is InChI=1S/C14H20O3/c1-11(15)12-5-7-13(8-6-12)17-10-14-4-2-3-9-16-14/h5-8,11,14-15H,2-4,9-10H2,1H3/t11-,14?/m1/s1. The molecule has 1 aliphatic rings. The molecule has 2 rings (SSSR count). The first kappa shape index (κ1) is 12.4. The first-order valence-corrected chi connectivity index (χ1v) is 6.28. The summed E-state index contributed by atoms with van der Waals surface area (Å²) in [7, 11) is 0. The minimum absolute atomic E-state index is 0.236. The van der Waals surface area contributed by atoms with E-state index in [0.29, 0.717) is 6.61 Å². The van der Waals surface area contributed by atoms with Gasteiger partial charge in [-0.2, -0.15) is 0 Å². The molecule has 1 aromatic carbocycles. The smallest absolute Gasteiger partial charge is 0.119 e. The van der Waals surface area contributed by atoms with Crippen molar-refractivity contribution in [2.45, 2.75) is 38.4 Å². The Kier molecular flexibility index (Phi) is 4.40. The van der Waals surface area contributed by atoms with E-state index >= 15 is 0 Å². The van der Waals surface area contributed by atoms with Gasteiger partial charge in [0, 0.05) is 6.61 Å². The number of hydrogen-bond acceptors (Lipinski definition) is 3. The molecule has 1 fully saturated rings. The zero-order valence-corrected chi connectivity index (χ0v) is 10.3. The SMILES string of the molecule is C[C@@H](O)c1ccc(OCC2CCCCO2)cc1. The lowest BCUT2D eigenvalue weighted by Gasteiger charge is -2.22. The number of benzene rings is 1. The first-order valence-electron chi connectivity index (χ1n) is 6.28. The molecule has 2 atom stereocenters. The van der Waals surface area contributed by atoms with Gasteiger partial charge >= 0.3 is 0 Å². The minimum atomic E-state index is -0.425. The van der Waals surface area contributed by atoms with E-state index in [1.165, 1.54) is 12.8 Å². The van der Waals surface area contributed by atoms with Gasteiger partial charge in [0.1, 0.15) is 12.4 Å². The van der Waals surface area contributed by atoms with Gasteiger partial charge in [-0.3, -0.25) is 0 Å². The first-order chi connectivity index (χ1) is 8.25. The summed E-state index contributed by atoms with van der Waals surface area (Å²) in [5.41, 5.74) is 0.909. The Morgan fingerprint density at radius 1 is 1.35 bits per heavy atom. The van der Waals surface area contributed by atoms with E-state index in [4.69, 9.17) is 9.47 Å². The van der Waals surface area contributed by atoms with Crippen molar-refractivity contribution in [2.75, 3.05) is 13.2 Å². The number of hydrogen-bond donors (Lipinski definition) is 1.